The normalized spacial score (nSPS) is 10.5. The molecule has 15 heavy (non-hydrogen) atoms. The largest absolute Gasteiger partial charge is 0.368 e. The van der Waals surface area contributed by atoms with E-state index in [0.29, 0.717) is 5.95 Å². The number of nitrogens with zero attached hydrogens (tertiary/aromatic N) is 3. The third-order valence-corrected chi connectivity index (χ3v) is 3.26. The summed E-state index contributed by atoms with van der Waals surface area (Å²) >= 11 is 1.71. The van der Waals surface area contributed by atoms with E-state index in [2.05, 4.69) is 16.8 Å². The first-order valence-electron chi connectivity index (χ1n) is 5.14. The van der Waals surface area contributed by atoms with E-state index in [1.165, 1.54) is 19.3 Å². The lowest BCUT2D eigenvalue weighted by atomic mass is 10.2. The van der Waals surface area contributed by atoms with Crippen molar-refractivity contribution in [2.75, 3.05) is 11.5 Å². The van der Waals surface area contributed by atoms with Gasteiger partial charge in [0.05, 0.1) is 0 Å². The molecule has 1 aromatic heterocycles. The molecule has 0 fully saturated rings. The van der Waals surface area contributed by atoms with Crippen LogP contribution in [0.4, 0.5) is 5.95 Å². The van der Waals surface area contributed by atoms with Crippen LogP contribution >= 0.6 is 11.8 Å². The van der Waals surface area contributed by atoms with Gasteiger partial charge in [-0.05, 0) is 19.3 Å². The van der Waals surface area contributed by atoms with Crippen molar-refractivity contribution >= 4 is 17.7 Å². The topological polar surface area (TPSA) is 56.7 Å². The van der Waals surface area contributed by atoms with E-state index in [-0.39, 0.29) is 0 Å². The van der Waals surface area contributed by atoms with Crippen molar-refractivity contribution in [2.24, 2.45) is 7.05 Å². The maximum atomic E-state index is 5.58. The van der Waals surface area contributed by atoms with Crippen LogP contribution in [0.25, 0.3) is 0 Å². The Morgan fingerprint density at radius 2 is 2.20 bits per heavy atom. The van der Waals surface area contributed by atoms with Gasteiger partial charge in [-0.1, -0.05) is 24.3 Å². The summed E-state index contributed by atoms with van der Waals surface area (Å²) in [6.07, 6.45) is 6.75. The molecule has 0 radical (unpaired) electrons. The van der Waals surface area contributed by atoms with E-state index in [9.17, 15) is 0 Å². The van der Waals surface area contributed by atoms with Crippen molar-refractivity contribution in [3.05, 3.63) is 12.7 Å². The highest BCUT2D eigenvalue weighted by atomic mass is 32.2. The number of nitrogens with two attached hydrogens (primary N) is 1. The zero-order valence-electron chi connectivity index (χ0n) is 9.15. The fourth-order valence-corrected chi connectivity index (χ4v) is 2.10. The molecule has 0 aliphatic carbocycles. The highest BCUT2D eigenvalue weighted by Gasteiger charge is 2.04. The summed E-state index contributed by atoms with van der Waals surface area (Å²) in [4.78, 5) is 0. The molecule has 0 spiro atoms. The molecule has 0 saturated carbocycles. The summed E-state index contributed by atoms with van der Waals surface area (Å²) in [5.74, 6) is 1.55. The summed E-state index contributed by atoms with van der Waals surface area (Å²) in [5, 5.41) is 8.68. The number of allylic oxidation sites excluding steroid dienone is 1. The van der Waals surface area contributed by atoms with Crippen LogP contribution in [-0.4, -0.2) is 20.5 Å². The highest BCUT2D eigenvalue weighted by molar-refractivity contribution is 7.99. The van der Waals surface area contributed by atoms with Crippen LogP contribution in [-0.2, 0) is 7.05 Å². The average molecular weight is 226 g/mol. The Labute approximate surface area is 95.0 Å². The third kappa shape index (κ3) is 3.95. The van der Waals surface area contributed by atoms with Crippen LogP contribution in [0.3, 0.4) is 0 Å². The molecule has 1 rings (SSSR count). The SMILES string of the molecule is C=CCCCCCSc1nnc(N)n1C. The van der Waals surface area contributed by atoms with E-state index in [1.54, 1.807) is 11.8 Å². The Kier molecular flexibility index (Phi) is 5.25. The first-order valence-corrected chi connectivity index (χ1v) is 6.13. The van der Waals surface area contributed by atoms with Crippen molar-refractivity contribution in [2.45, 2.75) is 30.8 Å². The molecule has 0 saturated heterocycles. The van der Waals surface area contributed by atoms with Crippen LogP contribution in [0.1, 0.15) is 25.7 Å². The van der Waals surface area contributed by atoms with E-state index < -0.39 is 0 Å². The molecule has 0 bridgehead atoms. The maximum Gasteiger partial charge on any atom is 0.222 e. The number of thioether (sulfide) groups is 1. The van der Waals surface area contributed by atoms with Crippen molar-refractivity contribution in [3.63, 3.8) is 0 Å². The Bertz CT molecular complexity index is 308. The van der Waals surface area contributed by atoms with Gasteiger partial charge in [-0.15, -0.1) is 16.8 Å². The monoisotopic (exact) mass is 226 g/mol. The van der Waals surface area contributed by atoms with Gasteiger partial charge in [0.2, 0.25) is 5.95 Å². The van der Waals surface area contributed by atoms with Crippen LogP contribution in [0, 0.1) is 0 Å². The second kappa shape index (κ2) is 6.50. The molecule has 0 aliphatic rings. The molecule has 1 heterocycles. The first-order chi connectivity index (χ1) is 7.25. The predicted molar refractivity (Wildman–Crippen MR) is 64.8 cm³/mol. The quantitative estimate of drug-likeness (QED) is 0.440. The molecule has 1 aromatic rings. The number of unbranched alkanes of at least 4 members (excludes halogenated alkanes) is 3. The fraction of sp³-hybridized carbons (Fsp3) is 0.600. The maximum absolute atomic E-state index is 5.58. The molecule has 0 atom stereocenters. The van der Waals surface area contributed by atoms with Gasteiger partial charge in [-0.25, -0.2) is 0 Å². The minimum atomic E-state index is 0.476. The van der Waals surface area contributed by atoms with Crippen molar-refractivity contribution < 1.29 is 0 Å². The molecular formula is C10H18N4S. The van der Waals surface area contributed by atoms with E-state index >= 15 is 0 Å². The Morgan fingerprint density at radius 3 is 2.80 bits per heavy atom. The van der Waals surface area contributed by atoms with Crippen LogP contribution < -0.4 is 5.73 Å². The van der Waals surface area contributed by atoms with Gasteiger partial charge in [0.25, 0.3) is 0 Å². The van der Waals surface area contributed by atoms with Crippen molar-refractivity contribution in [1.29, 1.82) is 0 Å². The van der Waals surface area contributed by atoms with E-state index in [4.69, 9.17) is 5.73 Å². The summed E-state index contributed by atoms with van der Waals surface area (Å²) in [6, 6.07) is 0. The predicted octanol–water partition coefficient (Wildman–Crippen LogP) is 2.24. The van der Waals surface area contributed by atoms with Crippen LogP contribution in [0.5, 0.6) is 0 Å². The van der Waals surface area contributed by atoms with Gasteiger partial charge in [0.1, 0.15) is 0 Å². The van der Waals surface area contributed by atoms with Gasteiger partial charge < -0.3 is 5.73 Å². The smallest absolute Gasteiger partial charge is 0.222 e. The number of nitrogen functional groups attached to an aromatic ring is 1. The average Bonchev–Trinajstić information content (AvgIpc) is 2.54. The molecule has 0 unspecified atom stereocenters. The van der Waals surface area contributed by atoms with Gasteiger partial charge in [-0.3, -0.25) is 4.57 Å². The minimum absolute atomic E-state index is 0.476. The third-order valence-electron chi connectivity index (χ3n) is 2.15. The molecule has 0 aliphatic heterocycles. The number of hydrogen-bond donors (Lipinski definition) is 1. The number of anilines is 1. The lowest BCUT2D eigenvalue weighted by Crippen LogP contribution is -1.98. The van der Waals surface area contributed by atoms with Gasteiger partial charge >= 0.3 is 0 Å². The minimum Gasteiger partial charge on any atom is -0.368 e. The Morgan fingerprint density at radius 1 is 1.40 bits per heavy atom. The summed E-state index contributed by atoms with van der Waals surface area (Å²) < 4.78 is 1.81. The second-order valence-electron chi connectivity index (χ2n) is 3.39. The Balaban J connectivity index is 2.15. The molecule has 2 N–H and O–H groups in total. The molecule has 0 amide bonds. The van der Waals surface area contributed by atoms with Crippen LogP contribution in [0.15, 0.2) is 17.8 Å². The number of aromatic nitrogens is 3. The summed E-state index contributed by atoms with van der Waals surface area (Å²) in [7, 11) is 1.88. The van der Waals surface area contributed by atoms with Crippen molar-refractivity contribution in [3.8, 4) is 0 Å². The summed E-state index contributed by atoms with van der Waals surface area (Å²) in [5.41, 5.74) is 5.58. The Hall–Kier alpha value is -0.970. The zero-order valence-corrected chi connectivity index (χ0v) is 9.96. The summed E-state index contributed by atoms with van der Waals surface area (Å²) in [6.45, 7) is 3.70. The van der Waals surface area contributed by atoms with Gasteiger partial charge in [-0.2, -0.15) is 0 Å². The standard InChI is InChI=1S/C10H18N4S/c1-3-4-5-6-7-8-15-10-13-12-9(11)14(10)2/h3H,1,4-8H2,2H3,(H2,11,12). The molecule has 5 heteroatoms. The molecule has 0 aromatic carbocycles. The molecular weight excluding hydrogens is 208 g/mol. The van der Waals surface area contributed by atoms with Gasteiger partial charge in [0.15, 0.2) is 5.16 Å². The zero-order chi connectivity index (χ0) is 11.1. The van der Waals surface area contributed by atoms with E-state index in [0.717, 1.165) is 17.3 Å². The lowest BCUT2D eigenvalue weighted by molar-refractivity contribution is 0.731. The number of hydrogen-bond acceptors (Lipinski definition) is 4. The molecule has 4 nitrogen and oxygen atoms in total. The van der Waals surface area contributed by atoms with Crippen LogP contribution in [0.2, 0.25) is 0 Å². The van der Waals surface area contributed by atoms with E-state index in [1.807, 2.05) is 17.7 Å². The highest BCUT2D eigenvalue weighted by Crippen LogP contribution is 2.18. The lowest BCUT2D eigenvalue weighted by Gasteiger charge is -2.00. The van der Waals surface area contributed by atoms with Crippen molar-refractivity contribution in [1.82, 2.24) is 14.8 Å². The first kappa shape index (κ1) is 12.1. The molecule has 84 valence electrons. The fourth-order valence-electron chi connectivity index (χ4n) is 1.18. The van der Waals surface area contributed by atoms with Gasteiger partial charge in [0, 0.05) is 12.8 Å². The second-order valence-corrected chi connectivity index (χ2v) is 4.45. The number of rotatable bonds is 7.